The van der Waals surface area contributed by atoms with Crippen molar-refractivity contribution < 1.29 is 19.1 Å². The number of rotatable bonds is 4. The molecule has 6 nitrogen and oxygen atoms in total. The molecule has 0 aromatic heterocycles. The third-order valence-electron chi connectivity index (χ3n) is 2.31. The lowest BCUT2D eigenvalue weighted by molar-refractivity contribution is -0.124. The van der Waals surface area contributed by atoms with E-state index in [0.29, 0.717) is 11.4 Å². The molecule has 0 aliphatic rings. The first-order valence-corrected chi connectivity index (χ1v) is 5.35. The molecule has 18 heavy (non-hydrogen) atoms. The fraction of sp³-hybridized carbons (Fsp3) is 0.333. The van der Waals surface area contributed by atoms with Gasteiger partial charge in [0.25, 0.3) is 5.91 Å². The molecule has 1 aromatic carbocycles. The van der Waals surface area contributed by atoms with Crippen LogP contribution in [-0.2, 0) is 14.3 Å². The van der Waals surface area contributed by atoms with Gasteiger partial charge < -0.3 is 14.8 Å². The van der Waals surface area contributed by atoms with Crippen LogP contribution >= 0.6 is 0 Å². The van der Waals surface area contributed by atoms with E-state index in [0.717, 1.165) is 0 Å². The molecule has 0 aliphatic heterocycles. The van der Waals surface area contributed by atoms with E-state index in [1.807, 2.05) is 0 Å². The summed E-state index contributed by atoms with van der Waals surface area (Å²) >= 11 is 0. The zero-order valence-corrected chi connectivity index (χ0v) is 10.5. The molecule has 1 atom stereocenters. The van der Waals surface area contributed by atoms with Gasteiger partial charge in [0.1, 0.15) is 6.10 Å². The molecule has 2 N–H and O–H groups in total. The zero-order chi connectivity index (χ0) is 13.5. The molecule has 6 heteroatoms. The van der Waals surface area contributed by atoms with Crippen molar-refractivity contribution in [3.8, 4) is 0 Å². The first-order valence-electron chi connectivity index (χ1n) is 5.35. The summed E-state index contributed by atoms with van der Waals surface area (Å²) in [5.41, 5.74) is 1.21. The number of hydrogen-bond donors (Lipinski definition) is 2. The minimum atomic E-state index is -0.542. The maximum absolute atomic E-state index is 11.5. The molecule has 0 fully saturated rings. The highest BCUT2D eigenvalue weighted by atomic mass is 16.5. The van der Waals surface area contributed by atoms with Crippen LogP contribution in [0.1, 0.15) is 6.92 Å². The van der Waals surface area contributed by atoms with E-state index >= 15 is 0 Å². The molecule has 0 bridgehead atoms. The molecule has 0 spiro atoms. The Kier molecular flexibility index (Phi) is 5.13. The van der Waals surface area contributed by atoms with Crippen molar-refractivity contribution >= 4 is 23.4 Å². The van der Waals surface area contributed by atoms with Crippen LogP contribution in [0.25, 0.3) is 0 Å². The molecule has 0 heterocycles. The number of benzene rings is 1. The summed E-state index contributed by atoms with van der Waals surface area (Å²) in [5.74, 6) is -0.230. The van der Waals surface area contributed by atoms with Crippen molar-refractivity contribution in [3.05, 3.63) is 24.3 Å². The van der Waals surface area contributed by atoms with Gasteiger partial charge in [-0.2, -0.15) is 0 Å². The lowest BCUT2D eigenvalue weighted by Crippen LogP contribution is -2.26. The number of ether oxygens (including phenoxy) is 2. The first-order chi connectivity index (χ1) is 8.56. The van der Waals surface area contributed by atoms with Crippen LogP contribution in [0.3, 0.4) is 0 Å². The first kappa shape index (κ1) is 14.0. The predicted octanol–water partition coefficient (Wildman–Crippen LogP) is 1.84. The average Bonchev–Trinajstić information content (AvgIpc) is 2.39. The van der Waals surface area contributed by atoms with E-state index in [9.17, 15) is 9.59 Å². The molecule has 2 amide bonds. The lowest BCUT2D eigenvalue weighted by atomic mass is 10.2. The zero-order valence-electron chi connectivity index (χ0n) is 10.5. The van der Waals surface area contributed by atoms with E-state index in [1.165, 1.54) is 14.2 Å². The molecule has 1 rings (SSSR count). The second-order valence-corrected chi connectivity index (χ2v) is 3.56. The highest BCUT2D eigenvalue weighted by molar-refractivity contribution is 5.94. The van der Waals surface area contributed by atoms with Crippen molar-refractivity contribution in [1.82, 2.24) is 0 Å². The van der Waals surface area contributed by atoms with Crippen LogP contribution < -0.4 is 10.6 Å². The molecule has 0 saturated heterocycles. The minimum Gasteiger partial charge on any atom is -0.453 e. The Morgan fingerprint density at radius 2 is 1.56 bits per heavy atom. The van der Waals surface area contributed by atoms with Gasteiger partial charge in [0.15, 0.2) is 0 Å². The van der Waals surface area contributed by atoms with E-state index in [1.54, 1.807) is 31.2 Å². The van der Waals surface area contributed by atoms with Crippen molar-refractivity contribution in [2.45, 2.75) is 13.0 Å². The van der Waals surface area contributed by atoms with Gasteiger partial charge in [0.2, 0.25) is 0 Å². The van der Waals surface area contributed by atoms with Gasteiger partial charge in [0.05, 0.1) is 7.11 Å². The monoisotopic (exact) mass is 252 g/mol. The van der Waals surface area contributed by atoms with Crippen molar-refractivity contribution in [3.63, 3.8) is 0 Å². The Labute approximate surface area is 105 Å². The number of hydrogen-bond acceptors (Lipinski definition) is 4. The van der Waals surface area contributed by atoms with Gasteiger partial charge >= 0.3 is 6.09 Å². The Bertz CT molecular complexity index is 417. The number of methoxy groups -OCH3 is 2. The van der Waals surface area contributed by atoms with Gasteiger partial charge in [0, 0.05) is 18.5 Å². The number of amides is 2. The molecule has 0 aliphatic carbocycles. The summed E-state index contributed by atoms with van der Waals surface area (Å²) < 4.78 is 9.35. The average molecular weight is 252 g/mol. The third kappa shape index (κ3) is 4.06. The van der Waals surface area contributed by atoms with Crippen LogP contribution in [-0.4, -0.2) is 32.3 Å². The van der Waals surface area contributed by atoms with Crippen molar-refractivity contribution in [2.75, 3.05) is 24.9 Å². The third-order valence-corrected chi connectivity index (χ3v) is 2.31. The summed E-state index contributed by atoms with van der Waals surface area (Å²) in [7, 11) is 2.75. The van der Waals surface area contributed by atoms with Crippen LogP contribution in [0, 0.1) is 0 Å². The standard InChI is InChI=1S/C12H16N2O4/c1-8(17-2)11(15)13-9-4-6-10(7-5-9)14-12(16)18-3/h4-8H,1-3H3,(H,13,15)(H,14,16). The molecule has 0 radical (unpaired) electrons. The molecule has 1 unspecified atom stereocenters. The summed E-state index contributed by atoms with van der Waals surface area (Å²) in [5, 5.41) is 5.19. The molecule has 98 valence electrons. The van der Waals surface area contributed by atoms with Crippen LogP contribution in [0.4, 0.5) is 16.2 Å². The van der Waals surface area contributed by atoms with Gasteiger partial charge in [-0.05, 0) is 31.2 Å². The Balaban J connectivity index is 2.60. The second kappa shape index (κ2) is 6.61. The summed E-state index contributed by atoms with van der Waals surface area (Å²) in [6.07, 6.45) is -1.06. The highest BCUT2D eigenvalue weighted by Gasteiger charge is 2.11. The number of nitrogens with one attached hydrogen (secondary N) is 2. The number of anilines is 2. The predicted molar refractivity (Wildman–Crippen MR) is 67.6 cm³/mol. The van der Waals surface area contributed by atoms with Crippen LogP contribution in [0.15, 0.2) is 24.3 Å². The summed E-state index contributed by atoms with van der Waals surface area (Å²) in [6, 6.07) is 6.66. The maximum atomic E-state index is 11.5. The van der Waals surface area contributed by atoms with E-state index in [-0.39, 0.29) is 5.91 Å². The van der Waals surface area contributed by atoms with Crippen molar-refractivity contribution in [1.29, 1.82) is 0 Å². The Morgan fingerprint density at radius 1 is 1.06 bits per heavy atom. The largest absolute Gasteiger partial charge is 0.453 e. The van der Waals surface area contributed by atoms with E-state index in [2.05, 4.69) is 15.4 Å². The van der Waals surface area contributed by atoms with Crippen LogP contribution in [0.2, 0.25) is 0 Å². The van der Waals surface area contributed by atoms with Crippen molar-refractivity contribution in [2.24, 2.45) is 0 Å². The van der Waals surface area contributed by atoms with Gasteiger partial charge in [-0.25, -0.2) is 4.79 Å². The van der Waals surface area contributed by atoms with Gasteiger partial charge in [-0.3, -0.25) is 10.1 Å². The smallest absolute Gasteiger partial charge is 0.411 e. The second-order valence-electron chi connectivity index (χ2n) is 3.56. The number of carbonyl (C=O) groups excluding carboxylic acids is 2. The molecular formula is C12H16N2O4. The Morgan fingerprint density at radius 3 is 2.00 bits per heavy atom. The molecule has 0 saturated carbocycles. The summed E-state index contributed by atoms with van der Waals surface area (Å²) in [6.45, 7) is 1.66. The topological polar surface area (TPSA) is 76.7 Å². The molecule has 1 aromatic rings. The number of carbonyl (C=O) groups is 2. The SMILES string of the molecule is COC(=O)Nc1ccc(NC(=O)C(C)OC)cc1. The van der Waals surface area contributed by atoms with E-state index in [4.69, 9.17) is 4.74 Å². The maximum Gasteiger partial charge on any atom is 0.411 e. The van der Waals surface area contributed by atoms with Crippen LogP contribution in [0.5, 0.6) is 0 Å². The fourth-order valence-electron chi connectivity index (χ4n) is 1.16. The Hall–Kier alpha value is -2.08. The quantitative estimate of drug-likeness (QED) is 0.857. The summed E-state index contributed by atoms with van der Waals surface area (Å²) in [4.78, 5) is 22.5. The van der Waals surface area contributed by atoms with Gasteiger partial charge in [-0.15, -0.1) is 0 Å². The van der Waals surface area contributed by atoms with E-state index < -0.39 is 12.2 Å². The fourth-order valence-corrected chi connectivity index (χ4v) is 1.16. The molecular weight excluding hydrogens is 236 g/mol. The van der Waals surface area contributed by atoms with Gasteiger partial charge in [-0.1, -0.05) is 0 Å². The lowest BCUT2D eigenvalue weighted by Gasteiger charge is -2.11. The highest BCUT2D eigenvalue weighted by Crippen LogP contribution is 2.14. The normalized spacial score (nSPS) is 11.5. The minimum absolute atomic E-state index is 0.230.